The van der Waals surface area contributed by atoms with Gasteiger partial charge in [-0.15, -0.1) is 0 Å². The smallest absolute Gasteiger partial charge is 0.139 e. The fourth-order valence-corrected chi connectivity index (χ4v) is 1.38. The Balaban J connectivity index is 2.04. The van der Waals surface area contributed by atoms with E-state index in [2.05, 4.69) is 17.1 Å². The van der Waals surface area contributed by atoms with Crippen molar-refractivity contribution in [2.24, 2.45) is 0 Å². The molecule has 0 aromatic carbocycles. The lowest BCUT2D eigenvalue weighted by atomic mass is 10.2. The van der Waals surface area contributed by atoms with E-state index in [0.717, 1.165) is 13.2 Å². The normalized spacial score (nSPS) is 47.0. The van der Waals surface area contributed by atoms with Gasteiger partial charge in [-0.1, -0.05) is 0 Å². The maximum atomic E-state index is 5.50. The van der Waals surface area contributed by atoms with E-state index in [1.54, 1.807) is 0 Å². The average Bonchev–Trinajstić information content (AvgIpc) is 2.65. The first-order valence-electron chi connectivity index (χ1n) is 4.30. The summed E-state index contributed by atoms with van der Waals surface area (Å²) in [6, 6.07) is 0. The van der Waals surface area contributed by atoms with Gasteiger partial charge in [-0.2, -0.15) is 0 Å². The first-order valence-corrected chi connectivity index (χ1v) is 4.30. The van der Waals surface area contributed by atoms with Crippen LogP contribution in [0.15, 0.2) is 0 Å². The monoisotopic (exact) mass is 172 g/mol. The summed E-state index contributed by atoms with van der Waals surface area (Å²) < 4.78 is 10.8. The molecule has 0 saturated carbocycles. The Kier molecular flexibility index (Phi) is 1.88. The molecule has 0 aromatic heterocycles. The first kappa shape index (κ1) is 8.44. The van der Waals surface area contributed by atoms with Gasteiger partial charge in [-0.05, 0) is 21.0 Å². The van der Waals surface area contributed by atoms with Crippen LogP contribution < -0.4 is 5.32 Å². The standard InChI is InChI=1S/C8H16N2O2/c1-8(10(2)3)5-11-4-6-7(9-8)12-6/h6-7,9H,4-5H2,1-3H3. The zero-order valence-electron chi connectivity index (χ0n) is 7.83. The Hall–Kier alpha value is -0.160. The fraction of sp³-hybridized carbons (Fsp3) is 1.00. The third kappa shape index (κ3) is 1.35. The number of fused-ring (bicyclic) bond motifs is 1. The second-order valence-electron chi connectivity index (χ2n) is 3.92. The molecule has 2 fully saturated rings. The minimum Gasteiger partial charge on any atom is -0.375 e. The van der Waals surface area contributed by atoms with Crippen molar-refractivity contribution < 1.29 is 9.47 Å². The highest BCUT2D eigenvalue weighted by Gasteiger charge is 2.47. The lowest BCUT2D eigenvalue weighted by molar-refractivity contribution is -0.00312. The molecule has 1 N–H and O–H groups in total. The average molecular weight is 172 g/mol. The molecule has 4 nitrogen and oxygen atoms in total. The predicted octanol–water partition coefficient (Wildman–Crippen LogP) is -0.391. The number of likely N-dealkylation sites (N-methyl/N-ethyl adjacent to an activating group) is 1. The van der Waals surface area contributed by atoms with Crippen LogP contribution in [0.5, 0.6) is 0 Å². The molecular weight excluding hydrogens is 156 g/mol. The van der Waals surface area contributed by atoms with E-state index in [-0.39, 0.29) is 18.0 Å². The van der Waals surface area contributed by atoms with Gasteiger partial charge in [0.15, 0.2) is 0 Å². The van der Waals surface area contributed by atoms with Gasteiger partial charge >= 0.3 is 0 Å². The number of hydrogen-bond donors (Lipinski definition) is 1. The van der Waals surface area contributed by atoms with Crippen LogP contribution in [0.3, 0.4) is 0 Å². The zero-order valence-corrected chi connectivity index (χ0v) is 7.83. The molecule has 2 heterocycles. The number of ether oxygens (including phenoxy) is 2. The summed E-state index contributed by atoms with van der Waals surface area (Å²) in [5.41, 5.74) is -0.0874. The lowest BCUT2D eigenvalue weighted by Crippen LogP contribution is -2.57. The van der Waals surface area contributed by atoms with Crippen LogP contribution in [-0.2, 0) is 9.47 Å². The van der Waals surface area contributed by atoms with Crippen molar-refractivity contribution in [3.8, 4) is 0 Å². The maximum absolute atomic E-state index is 5.50. The molecule has 3 atom stereocenters. The minimum absolute atomic E-state index is 0.0874. The van der Waals surface area contributed by atoms with Crippen LogP contribution in [0, 0.1) is 0 Å². The van der Waals surface area contributed by atoms with Crippen molar-refractivity contribution in [3.05, 3.63) is 0 Å². The van der Waals surface area contributed by atoms with Crippen molar-refractivity contribution in [2.45, 2.75) is 24.9 Å². The lowest BCUT2D eigenvalue weighted by Gasteiger charge is -2.35. The highest BCUT2D eigenvalue weighted by Crippen LogP contribution is 2.26. The molecule has 0 amide bonds. The molecule has 2 saturated heterocycles. The van der Waals surface area contributed by atoms with Crippen molar-refractivity contribution in [2.75, 3.05) is 27.3 Å². The van der Waals surface area contributed by atoms with Crippen LogP contribution in [-0.4, -0.2) is 50.2 Å². The SMILES string of the molecule is CN(C)C1(C)COCC2OC2N1. The summed E-state index contributed by atoms with van der Waals surface area (Å²) in [5, 5.41) is 3.41. The van der Waals surface area contributed by atoms with Gasteiger partial charge in [-0.3, -0.25) is 10.2 Å². The van der Waals surface area contributed by atoms with Gasteiger partial charge in [0.25, 0.3) is 0 Å². The van der Waals surface area contributed by atoms with Gasteiger partial charge in [0.2, 0.25) is 0 Å². The number of nitrogens with one attached hydrogen (secondary N) is 1. The van der Waals surface area contributed by atoms with E-state index < -0.39 is 0 Å². The molecule has 4 heteroatoms. The molecular formula is C8H16N2O2. The van der Waals surface area contributed by atoms with E-state index in [0.29, 0.717) is 0 Å². The molecule has 2 rings (SSSR count). The molecule has 2 aliphatic heterocycles. The second kappa shape index (κ2) is 2.67. The van der Waals surface area contributed by atoms with Crippen molar-refractivity contribution in [1.29, 1.82) is 0 Å². The van der Waals surface area contributed by atoms with E-state index in [9.17, 15) is 0 Å². The quantitative estimate of drug-likeness (QED) is 0.546. The van der Waals surface area contributed by atoms with Gasteiger partial charge in [0, 0.05) is 0 Å². The third-order valence-corrected chi connectivity index (χ3v) is 2.69. The largest absolute Gasteiger partial charge is 0.375 e. The predicted molar refractivity (Wildman–Crippen MR) is 44.7 cm³/mol. The van der Waals surface area contributed by atoms with Crippen LogP contribution in [0.2, 0.25) is 0 Å². The maximum Gasteiger partial charge on any atom is 0.139 e. The van der Waals surface area contributed by atoms with E-state index in [4.69, 9.17) is 9.47 Å². The molecule has 0 aliphatic carbocycles. The second-order valence-corrected chi connectivity index (χ2v) is 3.92. The summed E-state index contributed by atoms with van der Waals surface area (Å²) >= 11 is 0. The molecule has 2 aliphatic rings. The Morgan fingerprint density at radius 1 is 1.50 bits per heavy atom. The fourth-order valence-electron chi connectivity index (χ4n) is 1.38. The van der Waals surface area contributed by atoms with Crippen LogP contribution in [0.1, 0.15) is 6.92 Å². The molecule has 3 unspecified atom stereocenters. The highest BCUT2D eigenvalue weighted by molar-refractivity contribution is 4.93. The van der Waals surface area contributed by atoms with E-state index in [1.165, 1.54) is 0 Å². The van der Waals surface area contributed by atoms with E-state index in [1.807, 2.05) is 14.1 Å². The Morgan fingerprint density at radius 2 is 2.25 bits per heavy atom. The Bertz CT molecular complexity index is 186. The van der Waals surface area contributed by atoms with Gasteiger partial charge in [0.05, 0.1) is 18.9 Å². The first-order chi connectivity index (χ1) is 5.62. The van der Waals surface area contributed by atoms with Crippen LogP contribution >= 0.6 is 0 Å². The Morgan fingerprint density at radius 3 is 2.92 bits per heavy atom. The topological polar surface area (TPSA) is 37.0 Å². The summed E-state index contributed by atoms with van der Waals surface area (Å²) in [7, 11) is 4.08. The zero-order chi connectivity index (χ0) is 8.77. The summed E-state index contributed by atoms with van der Waals surface area (Å²) in [4.78, 5) is 2.12. The number of rotatable bonds is 1. The number of epoxide rings is 1. The molecule has 70 valence electrons. The van der Waals surface area contributed by atoms with E-state index >= 15 is 0 Å². The highest BCUT2D eigenvalue weighted by atomic mass is 16.6. The van der Waals surface area contributed by atoms with Gasteiger partial charge in [-0.25, -0.2) is 0 Å². The molecule has 0 spiro atoms. The number of nitrogens with zero attached hydrogens (tertiary/aromatic N) is 1. The van der Waals surface area contributed by atoms with Crippen molar-refractivity contribution >= 4 is 0 Å². The Labute approximate surface area is 72.8 Å². The van der Waals surface area contributed by atoms with Gasteiger partial charge in [0.1, 0.15) is 12.3 Å². The molecule has 0 bridgehead atoms. The van der Waals surface area contributed by atoms with Gasteiger partial charge < -0.3 is 9.47 Å². The molecule has 0 radical (unpaired) electrons. The minimum atomic E-state index is -0.0874. The summed E-state index contributed by atoms with van der Waals surface area (Å²) in [5.74, 6) is 0. The summed E-state index contributed by atoms with van der Waals surface area (Å²) in [6.45, 7) is 3.56. The van der Waals surface area contributed by atoms with Crippen molar-refractivity contribution in [1.82, 2.24) is 10.2 Å². The molecule has 12 heavy (non-hydrogen) atoms. The molecule has 0 aromatic rings. The summed E-state index contributed by atoms with van der Waals surface area (Å²) in [6.07, 6.45) is 0.492. The third-order valence-electron chi connectivity index (χ3n) is 2.69. The van der Waals surface area contributed by atoms with Crippen LogP contribution in [0.25, 0.3) is 0 Å². The number of hydrogen-bond acceptors (Lipinski definition) is 4. The van der Waals surface area contributed by atoms with Crippen LogP contribution in [0.4, 0.5) is 0 Å². The van der Waals surface area contributed by atoms with Crippen molar-refractivity contribution in [3.63, 3.8) is 0 Å².